The zero-order valence-corrected chi connectivity index (χ0v) is 9.79. The first kappa shape index (κ1) is 12.7. The summed E-state index contributed by atoms with van der Waals surface area (Å²) in [6.45, 7) is 8.14. The molecule has 4 N–H and O–H groups in total. The average molecular weight is 220 g/mol. The zero-order chi connectivity index (χ0) is 12.0. The first-order valence-corrected chi connectivity index (χ1v) is 5.53. The Labute approximate surface area is 97.0 Å². The molecule has 0 spiro atoms. The van der Waals surface area contributed by atoms with Crippen molar-refractivity contribution in [1.29, 1.82) is 0 Å². The van der Waals surface area contributed by atoms with Gasteiger partial charge in [0.15, 0.2) is 0 Å². The summed E-state index contributed by atoms with van der Waals surface area (Å²) in [5.74, 6) is 0.288. The van der Waals surface area contributed by atoms with Crippen LogP contribution in [0.2, 0.25) is 0 Å². The highest BCUT2D eigenvalue weighted by atomic mass is 16.3. The van der Waals surface area contributed by atoms with Crippen LogP contribution in [0.4, 0.5) is 0 Å². The van der Waals surface area contributed by atoms with Gasteiger partial charge < -0.3 is 16.2 Å². The van der Waals surface area contributed by atoms with Gasteiger partial charge in [-0.05, 0) is 55.8 Å². The molecule has 1 rings (SSSR count). The Kier molecular flexibility index (Phi) is 5.02. The molecule has 3 heteroatoms. The highest BCUT2D eigenvalue weighted by Gasteiger charge is 2.00. The normalized spacial score (nSPS) is 10.4. The van der Waals surface area contributed by atoms with Crippen molar-refractivity contribution in [3.63, 3.8) is 0 Å². The number of aromatic hydroxyl groups is 1. The van der Waals surface area contributed by atoms with Gasteiger partial charge in [-0.15, -0.1) is 0 Å². The lowest BCUT2D eigenvalue weighted by molar-refractivity contribution is 0.474. The molecule has 0 aromatic heterocycles. The van der Waals surface area contributed by atoms with E-state index in [1.807, 2.05) is 13.0 Å². The van der Waals surface area contributed by atoms with Crippen LogP contribution in [0.1, 0.15) is 24.5 Å². The van der Waals surface area contributed by atoms with Crippen molar-refractivity contribution in [2.24, 2.45) is 5.73 Å². The third-order valence-corrected chi connectivity index (χ3v) is 2.36. The van der Waals surface area contributed by atoms with Gasteiger partial charge in [0.05, 0.1) is 0 Å². The fourth-order valence-electron chi connectivity index (χ4n) is 1.48. The van der Waals surface area contributed by atoms with Crippen molar-refractivity contribution in [2.75, 3.05) is 13.1 Å². The summed E-state index contributed by atoms with van der Waals surface area (Å²) in [5.41, 5.74) is 8.41. The summed E-state index contributed by atoms with van der Waals surface area (Å²) in [6.07, 6.45) is 0.964. The van der Waals surface area contributed by atoms with Crippen molar-refractivity contribution in [3.8, 4) is 5.75 Å². The molecule has 0 radical (unpaired) electrons. The lowest BCUT2D eigenvalue weighted by Gasteiger charge is -2.08. The van der Waals surface area contributed by atoms with Gasteiger partial charge in [0.25, 0.3) is 0 Å². The van der Waals surface area contributed by atoms with Crippen molar-refractivity contribution in [2.45, 2.75) is 19.9 Å². The molecule has 16 heavy (non-hydrogen) atoms. The lowest BCUT2D eigenvalue weighted by Crippen LogP contribution is -2.17. The summed E-state index contributed by atoms with van der Waals surface area (Å²) >= 11 is 0. The highest BCUT2D eigenvalue weighted by Crippen LogP contribution is 2.20. The molecular weight excluding hydrogens is 200 g/mol. The van der Waals surface area contributed by atoms with E-state index in [-0.39, 0.29) is 5.75 Å². The molecule has 0 amide bonds. The van der Waals surface area contributed by atoms with Gasteiger partial charge in [-0.25, -0.2) is 0 Å². The maximum atomic E-state index is 9.56. The number of benzene rings is 1. The largest absolute Gasteiger partial charge is 0.508 e. The Morgan fingerprint density at radius 3 is 2.81 bits per heavy atom. The van der Waals surface area contributed by atoms with Gasteiger partial charge >= 0.3 is 0 Å². The average Bonchev–Trinajstić information content (AvgIpc) is 2.23. The van der Waals surface area contributed by atoms with Gasteiger partial charge in [0.1, 0.15) is 5.75 Å². The minimum atomic E-state index is 0.288. The quantitative estimate of drug-likeness (QED) is 0.641. The van der Waals surface area contributed by atoms with Crippen LogP contribution in [0, 0.1) is 0 Å². The third kappa shape index (κ3) is 4.04. The number of nitrogens with one attached hydrogen (secondary N) is 1. The van der Waals surface area contributed by atoms with Gasteiger partial charge in [-0.1, -0.05) is 12.2 Å². The Hall–Kier alpha value is -1.32. The van der Waals surface area contributed by atoms with E-state index in [1.54, 1.807) is 12.1 Å². The van der Waals surface area contributed by atoms with E-state index < -0.39 is 0 Å². The van der Waals surface area contributed by atoms with E-state index in [2.05, 4.69) is 11.9 Å². The monoisotopic (exact) mass is 220 g/mol. The second kappa shape index (κ2) is 6.30. The summed E-state index contributed by atoms with van der Waals surface area (Å²) < 4.78 is 0. The van der Waals surface area contributed by atoms with Gasteiger partial charge in [0.2, 0.25) is 0 Å². The van der Waals surface area contributed by atoms with E-state index >= 15 is 0 Å². The van der Waals surface area contributed by atoms with Crippen molar-refractivity contribution < 1.29 is 5.11 Å². The molecule has 0 atom stereocenters. The molecule has 0 aliphatic carbocycles. The van der Waals surface area contributed by atoms with Crippen molar-refractivity contribution in [3.05, 3.63) is 35.9 Å². The summed E-state index contributed by atoms with van der Waals surface area (Å²) in [6, 6.07) is 5.53. The lowest BCUT2D eigenvalue weighted by atomic mass is 10.1. The van der Waals surface area contributed by atoms with Crippen molar-refractivity contribution in [1.82, 2.24) is 5.32 Å². The van der Waals surface area contributed by atoms with E-state index in [4.69, 9.17) is 5.73 Å². The fraction of sp³-hybridized carbons (Fsp3) is 0.385. The number of phenols is 1. The van der Waals surface area contributed by atoms with Crippen LogP contribution in [0.15, 0.2) is 24.8 Å². The number of nitrogens with two attached hydrogens (primary N) is 1. The Balaban J connectivity index is 2.62. The summed E-state index contributed by atoms with van der Waals surface area (Å²) in [7, 11) is 0. The molecule has 1 aromatic rings. The maximum absolute atomic E-state index is 9.56. The van der Waals surface area contributed by atoms with E-state index in [1.165, 1.54) is 0 Å². The Morgan fingerprint density at radius 1 is 1.44 bits per heavy atom. The SMILES string of the molecule is C=C(C)c1cc(O)cc(CNCCCN)c1. The van der Waals surface area contributed by atoms with Crippen molar-refractivity contribution >= 4 is 5.57 Å². The smallest absolute Gasteiger partial charge is 0.116 e. The minimum Gasteiger partial charge on any atom is -0.508 e. The van der Waals surface area contributed by atoms with E-state index in [9.17, 15) is 5.11 Å². The van der Waals surface area contributed by atoms with Gasteiger partial charge in [-0.3, -0.25) is 0 Å². The molecule has 0 fully saturated rings. The van der Waals surface area contributed by atoms with Crippen LogP contribution in [-0.4, -0.2) is 18.2 Å². The number of phenolic OH excluding ortho intramolecular Hbond substituents is 1. The summed E-state index contributed by atoms with van der Waals surface area (Å²) in [5, 5.41) is 12.8. The number of hydrogen-bond donors (Lipinski definition) is 3. The van der Waals surface area contributed by atoms with Crippen LogP contribution >= 0.6 is 0 Å². The molecule has 0 saturated heterocycles. The zero-order valence-electron chi connectivity index (χ0n) is 9.79. The second-order valence-corrected chi connectivity index (χ2v) is 3.99. The molecular formula is C13H20N2O. The minimum absolute atomic E-state index is 0.288. The molecule has 0 heterocycles. The predicted molar refractivity (Wildman–Crippen MR) is 68.2 cm³/mol. The molecule has 0 aliphatic rings. The maximum Gasteiger partial charge on any atom is 0.116 e. The van der Waals surface area contributed by atoms with Gasteiger partial charge in [-0.2, -0.15) is 0 Å². The topological polar surface area (TPSA) is 58.3 Å². The second-order valence-electron chi connectivity index (χ2n) is 3.99. The molecule has 0 aliphatic heterocycles. The number of rotatable bonds is 6. The number of hydrogen-bond acceptors (Lipinski definition) is 3. The van der Waals surface area contributed by atoms with E-state index in [0.717, 1.165) is 36.2 Å². The molecule has 0 bridgehead atoms. The fourth-order valence-corrected chi connectivity index (χ4v) is 1.48. The van der Waals surface area contributed by atoms with Crippen LogP contribution in [0.25, 0.3) is 5.57 Å². The molecule has 3 nitrogen and oxygen atoms in total. The van der Waals surface area contributed by atoms with Crippen LogP contribution in [0.5, 0.6) is 5.75 Å². The molecule has 88 valence electrons. The predicted octanol–water partition coefficient (Wildman–Crippen LogP) is 1.86. The van der Waals surface area contributed by atoms with Crippen LogP contribution in [-0.2, 0) is 6.54 Å². The third-order valence-electron chi connectivity index (χ3n) is 2.36. The van der Waals surface area contributed by atoms with Gasteiger partial charge in [0, 0.05) is 6.54 Å². The summed E-state index contributed by atoms with van der Waals surface area (Å²) in [4.78, 5) is 0. The molecule has 0 saturated carbocycles. The standard InChI is InChI=1S/C13H20N2O/c1-10(2)12-6-11(7-13(16)8-12)9-15-5-3-4-14/h6-8,15-16H,1,3-5,9,14H2,2H3. The number of allylic oxidation sites excluding steroid dienone is 1. The highest BCUT2D eigenvalue weighted by molar-refractivity contribution is 5.63. The Morgan fingerprint density at radius 2 is 2.19 bits per heavy atom. The molecule has 0 unspecified atom stereocenters. The molecule has 1 aromatic carbocycles. The first-order chi connectivity index (χ1) is 7.63. The van der Waals surface area contributed by atoms with E-state index in [0.29, 0.717) is 6.54 Å². The first-order valence-electron chi connectivity index (χ1n) is 5.53. The van der Waals surface area contributed by atoms with Crippen LogP contribution in [0.3, 0.4) is 0 Å². The Bertz CT molecular complexity index is 361. The van der Waals surface area contributed by atoms with Crippen LogP contribution < -0.4 is 11.1 Å².